The molecule has 1 atom stereocenters. The molecule has 0 aliphatic carbocycles. The molecule has 1 rings (SSSR count). The zero-order valence-corrected chi connectivity index (χ0v) is 12.2. The summed E-state index contributed by atoms with van der Waals surface area (Å²) in [7, 11) is 0. The lowest BCUT2D eigenvalue weighted by Crippen LogP contribution is -2.45. The van der Waals surface area contributed by atoms with Crippen LogP contribution in [-0.2, 0) is 4.79 Å². The number of amides is 2. The van der Waals surface area contributed by atoms with Gasteiger partial charge in [-0.3, -0.25) is 0 Å². The summed E-state index contributed by atoms with van der Waals surface area (Å²) in [6.45, 7) is -0.676. The third-order valence-electron chi connectivity index (χ3n) is 1.97. The Kier molecular flexibility index (Phi) is 5.57. The molecule has 0 radical (unpaired) electrons. The number of aliphatic hydroxyl groups is 1. The van der Waals surface area contributed by atoms with E-state index in [1.807, 2.05) is 0 Å². The highest BCUT2D eigenvalue weighted by molar-refractivity contribution is 9.11. The van der Waals surface area contributed by atoms with E-state index < -0.39 is 24.6 Å². The third kappa shape index (κ3) is 4.28. The molecule has 8 heteroatoms. The molecular weight excluding hydrogens is 372 g/mol. The molecule has 0 aliphatic rings. The van der Waals surface area contributed by atoms with Crippen LogP contribution in [0.2, 0.25) is 0 Å². The van der Waals surface area contributed by atoms with Crippen LogP contribution in [0.3, 0.4) is 0 Å². The minimum absolute atomic E-state index is 0.484. The number of benzene rings is 1. The summed E-state index contributed by atoms with van der Waals surface area (Å²) < 4.78 is 1.47. The van der Waals surface area contributed by atoms with Crippen LogP contribution in [0, 0.1) is 0 Å². The smallest absolute Gasteiger partial charge is 0.328 e. The summed E-state index contributed by atoms with van der Waals surface area (Å²) in [4.78, 5) is 22.1. The van der Waals surface area contributed by atoms with Crippen molar-refractivity contribution in [3.63, 3.8) is 0 Å². The molecule has 2 amide bonds. The number of halogens is 2. The van der Waals surface area contributed by atoms with Crippen molar-refractivity contribution < 1.29 is 19.8 Å². The van der Waals surface area contributed by atoms with Crippen molar-refractivity contribution in [1.29, 1.82) is 0 Å². The number of urea groups is 1. The number of rotatable bonds is 4. The highest BCUT2D eigenvalue weighted by Gasteiger charge is 2.18. The molecule has 0 bridgehead atoms. The lowest BCUT2D eigenvalue weighted by atomic mass is 10.3. The molecule has 0 spiro atoms. The van der Waals surface area contributed by atoms with Crippen LogP contribution >= 0.6 is 31.9 Å². The molecular formula is C10H10Br2N2O4. The van der Waals surface area contributed by atoms with E-state index in [0.717, 1.165) is 4.47 Å². The van der Waals surface area contributed by atoms with Crippen molar-refractivity contribution >= 4 is 49.5 Å². The molecule has 4 N–H and O–H groups in total. The Balaban J connectivity index is 2.67. The van der Waals surface area contributed by atoms with E-state index in [1.165, 1.54) is 0 Å². The molecule has 0 aromatic heterocycles. The van der Waals surface area contributed by atoms with Crippen molar-refractivity contribution in [3.8, 4) is 0 Å². The number of carbonyl (C=O) groups is 2. The molecule has 0 saturated heterocycles. The van der Waals surface area contributed by atoms with Gasteiger partial charge in [0.15, 0.2) is 6.04 Å². The number of hydrogen-bond acceptors (Lipinski definition) is 3. The van der Waals surface area contributed by atoms with Crippen LogP contribution in [0.1, 0.15) is 0 Å². The minimum Gasteiger partial charge on any atom is -0.480 e. The van der Waals surface area contributed by atoms with Gasteiger partial charge >= 0.3 is 12.0 Å². The van der Waals surface area contributed by atoms with Crippen molar-refractivity contribution in [2.24, 2.45) is 0 Å². The van der Waals surface area contributed by atoms with E-state index in [-0.39, 0.29) is 0 Å². The maximum Gasteiger partial charge on any atom is 0.328 e. The van der Waals surface area contributed by atoms with Crippen molar-refractivity contribution in [1.82, 2.24) is 5.32 Å². The topological polar surface area (TPSA) is 98.7 Å². The lowest BCUT2D eigenvalue weighted by molar-refractivity contribution is -0.140. The molecule has 1 aromatic rings. The van der Waals surface area contributed by atoms with Crippen molar-refractivity contribution in [2.75, 3.05) is 11.9 Å². The number of nitrogens with one attached hydrogen (secondary N) is 2. The molecule has 98 valence electrons. The summed E-state index contributed by atoms with van der Waals surface area (Å²) in [5.41, 5.74) is 0.484. The highest BCUT2D eigenvalue weighted by Crippen LogP contribution is 2.25. The summed E-state index contributed by atoms with van der Waals surface area (Å²) in [6, 6.07) is 3.05. The number of aliphatic hydroxyl groups excluding tert-OH is 1. The van der Waals surface area contributed by atoms with Gasteiger partial charge in [-0.25, -0.2) is 9.59 Å². The van der Waals surface area contributed by atoms with Gasteiger partial charge in [0, 0.05) is 8.95 Å². The van der Waals surface area contributed by atoms with Gasteiger partial charge in [0.2, 0.25) is 0 Å². The van der Waals surface area contributed by atoms with Gasteiger partial charge in [-0.15, -0.1) is 0 Å². The Bertz CT molecular complexity index is 467. The van der Waals surface area contributed by atoms with Crippen molar-refractivity contribution in [3.05, 3.63) is 27.1 Å². The van der Waals surface area contributed by atoms with E-state index >= 15 is 0 Å². The fourth-order valence-corrected chi connectivity index (χ4v) is 2.24. The summed E-state index contributed by atoms with van der Waals surface area (Å²) in [6.07, 6.45) is 0. The van der Waals surface area contributed by atoms with E-state index in [2.05, 4.69) is 42.5 Å². The highest BCUT2D eigenvalue weighted by atomic mass is 79.9. The largest absolute Gasteiger partial charge is 0.480 e. The number of carboxylic acid groups (broad SMARTS) is 1. The zero-order chi connectivity index (χ0) is 13.7. The van der Waals surface area contributed by atoms with Gasteiger partial charge in [0.05, 0.1) is 12.3 Å². The quantitative estimate of drug-likeness (QED) is 0.638. The maximum absolute atomic E-state index is 11.5. The molecule has 0 fully saturated rings. The molecule has 18 heavy (non-hydrogen) atoms. The molecule has 1 aromatic carbocycles. The Hall–Kier alpha value is -1.12. The summed E-state index contributed by atoms with van der Waals surface area (Å²) in [5, 5.41) is 22.0. The molecule has 0 aliphatic heterocycles. The van der Waals surface area contributed by atoms with E-state index in [0.29, 0.717) is 10.2 Å². The number of carboxylic acids is 1. The fourth-order valence-electron chi connectivity index (χ4n) is 1.09. The summed E-state index contributed by atoms with van der Waals surface area (Å²) >= 11 is 6.51. The molecule has 0 heterocycles. The van der Waals surface area contributed by atoms with Gasteiger partial charge < -0.3 is 20.8 Å². The molecule has 6 nitrogen and oxygen atoms in total. The van der Waals surface area contributed by atoms with Crippen LogP contribution < -0.4 is 10.6 Å². The zero-order valence-electron chi connectivity index (χ0n) is 8.98. The van der Waals surface area contributed by atoms with E-state index in [4.69, 9.17) is 10.2 Å². The van der Waals surface area contributed by atoms with Gasteiger partial charge in [-0.1, -0.05) is 15.9 Å². The first-order valence-electron chi connectivity index (χ1n) is 4.80. The first-order valence-corrected chi connectivity index (χ1v) is 6.39. The first-order chi connectivity index (χ1) is 8.43. The number of anilines is 1. The van der Waals surface area contributed by atoms with Gasteiger partial charge in [-0.2, -0.15) is 0 Å². The fraction of sp³-hybridized carbons (Fsp3) is 0.200. The second kappa shape index (κ2) is 6.72. The van der Waals surface area contributed by atoms with Gasteiger partial charge in [0.25, 0.3) is 0 Å². The standard InChI is InChI=1S/C10H10Br2N2O4/c11-5-1-2-7(6(12)3-5)13-10(18)14-8(4-15)9(16)17/h1-3,8,15H,4H2,(H,16,17)(H2,13,14,18). The van der Waals surface area contributed by atoms with E-state index in [1.54, 1.807) is 18.2 Å². The Labute approximate surface area is 120 Å². The number of hydrogen-bond donors (Lipinski definition) is 4. The lowest BCUT2D eigenvalue weighted by Gasteiger charge is -2.13. The average Bonchev–Trinajstić information content (AvgIpc) is 2.29. The van der Waals surface area contributed by atoms with Gasteiger partial charge in [-0.05, 0) is 34.1 Å². The third-order valence-corrected chi connectivity index (χ3v) is 3.11. The summed E-state index contributed by atoms with van der Waals surface area (Å²) in [5.74, 6) is -1.30. The number of aliphatic carboxylic acids is 1. The average molecular weight is 382 g/mol. The monoisotopic (exact) mass is 380 g/mol. The van der Waals surface area contributed by atoms with Crippen LogP contribution in [0.25, 0.3) is 0 Å². The normalized spacial score (nSPS) is 11.7. The second-order valence-corrected chi connectivity index (χ2v) is 5.07. The second-order valence-electron chi connectivity index (χ2n) is 3.30. The Morgan fingerprint density at radius 2 is 2.00 bits per heavy atom. The maximum atomic E-state index is 11.5. The van der Waals surface area contributed by atoms with Crippen molar-refractivity contribution in [2.45, 2.75) is 6.04 Å². The first kappa shape index (κ1) is 14.9. The van der Waals surface area contributed by atoms with Crippen LogP contribution in [0.15, 0.2) is 27.1 Å². The predicted molar refractivity (Wildman–Crippen MR) is 72.5 cm³/mol. The van der Waals surface area contributed by atoms with Crippen LogP contribution in [-0.4, -0.2) is 34.9 Å². The SMILES string of the molecule is O=C(Nc1ccc(Br)cc1Br)NC(CO)C(=O)O. The predicted octanol–water partition coefficient (Wildman–Crippen LogP) is 1.78. The Morgan fingerprint density at radius 1 is 1.33 bits per heavy atom. The van der Waals surface area contributed by atoms with Crippen LogP contribution in [0.5, 0.6) is 0 Å². The van der Waals surface area contributed by atoms with Gasteiger partial charge in [0.1, 0.15) is 0 Å². The number of carbonyl (C=O) groups excluding carboxylic acids is 1. The molecule has 0 saturated carbocycles. The van der Waals surface area contributed by atoms with Crippen LogP contribution in [0.4, 0.5) is 10.5 Å². The minimum atomic E-state index is -1.33. The van der Waals surface area contributed by atoms with E-state index in [9.17, 15) is 9.59 Å². The Morgan fingerprint density at radius 3 is 2.50 bits per heavy atom. The molecule has 1 unspecified atom stereocenters.